The van der Waals surface area contributed by atoms with E-state index in [-0.39, 0.29) is 11.4 Å². The van der Waals surface area contributed by atoms with Crippen molar-refractivity contribution in [2.45, 2.75) is 20.3 Å². The van der Waals surface area contributed by atoms with Crippen molar-refractivity contribution < 1.29 is 0 Å². The molecule has 3 rings (SSSR count). The lowest BCUT2D eigenvalue weighted by Gasteiger charge is -2.20. The Hall–Kier alpha value is -2.81. The average molecular weight is 301 g/mol. The van der Waals surface area contributed by atoms with Gasteiger partial charge in [0.2, 0.25) is 0 Å². The minimum atomic E-state index is 0.184. The predicted octanol–water partition coefficient (Wildman–Crippen LogP) is 4.66. The molecular formula is C20H19N3. The topological polar surface area (TPSA) is 60.1 Å². The lowest BCUT2D eigenvalue weighted by atomic mass is 9.89. The molecule has 3 heteroatoms. The lowest BCUT2D eigenvalue weighted by Crippen LogP contribution is -2.29. The molecule has 0 atom stereocenters. The van der Waals surface area contributed by atoms with Gasteiger partial charge in [0.1, 0.15) is 5.71 Å². The standard InChI is InChI=1S/C20H19N3/c1-13-9-11-15(12-10-13)17-14(2)23-20(19(22)18(17)21)16-7-5-3-4-6-8-16/h3-5,7-12,21-22H,6H2,1-2H3. The van der Waals surface area contributed by atoms with Crippen LogP contribution in [0.2, 0.25) is 0 Å². The second-order valence-electron chi connectivity index (χ2n) is 5.72. The number of nitrogens with zero attached hydrogens (tertiary/aromatic N) is 1. The second kappa shape index (κ2) is 6.13. The van der Waals surface area contributed by atoms with Gasteiger partial charge in [-0.1, -0.05) is 60.2 Å². The Balaban J connectivity index is 2.08. The van der Waals surface area contributed by atoms with E-state index in [1.54, 1.807) is 0 Å². The van der Waals surface area contributed by atoms with E-state index in [0.717, 1.165) is 28.8 Å². The van der Waals surface area contributed by atoms with Crippen molar-refractivity contribution in [2.75, 3.05) is 0 Å². The minimum Gasteiger partial charge on any atom is -0.298 e. The van der Waals surface area contributed by atoms with Gasteiger partial charge < -0.3 is 0 Å². The van der Waals surface area contributed by atoms with Crippen LogP contribution in [0.4, 0.5) is 0 Å². The molecule has 0 saturated heterocycles. The van der Waals surface area contributed by atoms with Crippen LogP contribution >= 0.6 is 0 Å². The van der Waals surface area contributed by atoms with Gasteiger partial charge in [0.25, 0.3) is 0 Å². The number of hydrogen-bond donors (Lipinski definition) is 2. The molecule has 1 aliphatic heterocycles. The molecule has 0 saturated carbocycles. The van der Waals surface area contributed by atoms with Gasteiger partial charge in [-0.3, -0.25) is 15.8 Å². The van der Waals surface area contributed by atoms with Gasteiger partial charge in [0.15, 0.2) is 0 Å². The number of hydrogen-bond acceptors (Lipinski definition) is 3. The van der Waals surface area contributed by atoms with Gasteiger partial charge in [-0.05, 0) is 31.4 Å². The normalized spacial score (nSPS) is 18.0. The van der Waals surface area contributed by atoms with Crippen molar-refractivity contribution >= 4 is 22.7 Å². The Morgan fingerprint density at radius 1 is 0.957 bits per heavy atom. The molecule has 1 heterocycles. The van der Waals surface area contributed by atoms with Crippen LogP contribution in [-0.2, 0) is 0 Å². The highest BCUT2D eigenvalue weighted by molar-refractivity contribution is 6.78. The molecule has 1 aliphatic carbocycles. The summed E-state index contributed by atoms with van der Waals surface area (Å²) in [7, 11) is 0. The fourth-order valence-electron chi connectivity index (χ4n) is 2.74. The average Bonchev–Trinajstić information content (AvgIpc) is 2.82. The fraction of sp³-hybridized carbons (Fsp3) is 0.150. The maximum atomic E-state index is 8.45. The molecule has 2 N–H and O–H groups in total. The van der Waals surface area contributed by atoms with Crippen LogP contribution in [0.5, 0.6) is 0 Å². The zero-order chi connectivity index (χ0) is 16.4. The molecule has 0 spiro atoms. The Morgan fingerprint density at radius 2 is 1.70 bits per heavy atom. The number of benzene rings is 1. The zero-order valence-electron chi connectivity index (χ0n) is 13.4. The minimum absolute atomic E-state index is 0.184. The monoisotopic (exact) mass is 301 g/mol. The number of rotatable bonds is 2. The van der Waals surface area contributed by atoms with Crippen LogP contribution in [0.3, 0.4) is 0 Å². The quantitative estimate of drug-likeness (QED) is 0.798. The van der Waals surface area contributed by atoms with Gasteiger partial charge >= 0.3 is 0 Å². The second-order valence-corrected chi connectivity index (χ2v) is 5.72. The van der Waals surface area contributed by atoms with Crippen LogP contribution in [0.25, 0.3) is 5.57 Å². The van der Waals surface area contributed by atoms with E-state index in [4.69, 9.17) is 10.8 Å². The van der Waals surface area contributed by atoms with Crippen LogP contribution in [0, 0.1) is 17.7 Å². The third-order valence-electron chi connectivity index (χ3n) is 3.99. The summed E-state index contributed by atoms with van der Waals surface area (Å²) in [4.78, 5) is 4.64. The van der Waals surface area contributed by atoms with E-state index >= 15 is 0 Å². The SMILES string of the molecule is CC1=C(c2ccc(C)cc2)C(=N)C(=N)C(C2=CCC=CC=C2)=N1. The van der Waals surface area contributed by atoms with Crippen LogP contribution < -0.4 is 0 Å². The Labute approximate surface area is 136 Å². The fourth-order valence-corrected chi connectivity index (χ4v) is 2.74. The van der Waals surface area contributed by atoms with E-state index in [0.29, 0.717) is 5.71 Å². The van der Waals surface area contributed by atoms with E-state index in [9.17, 15) is 0 Å². The van der Waals surface area contributed by atoms with Gasteiger partial charge in [0.05, 0.1) is 11.4 Å². The van der Waals surface area contributed by atoms with Crippen LogP contribution in [-0.4, -0.2) is 17.1 Å². The van der Waals surface area contributed by atoms with Gasteiger partial charge in [0, 0.05) is 11.3 Å². The molecule has 3 nitrogen and oxygen atoms in total. The predicted molar refractivity (Wildman–Crippen MR) is 97.6 cm³/mol. The van der Waals surface area contributed by atoms with Gasteiger partial charge in [-0.15, -0.1) is 0 Å². The summed E-state index contributed by atoms with van der Waals surface area (Å²) < 4.78 is 0. The Morgan fingerprint density at radius 3 is 2.43 bits per heavy atom. The molecule has 2 aliphatic rings. The highest BCUT2D eigenvalue weighted by Crippen LogP contribution is 2.27. The smallest absolute Gasteiger partial charge is 0.106 e. The summed E-state index contributed by atoms with van der Waals surface area (Å²) >= 11 is 0. The summed E-state index contributed by atoms with van der Waals surface area (Å²) in [6, 6.07) is 8.03. The highest BCUT2D eigenvalue weighted by Gasteiger charge is 2.26. The first-order valence-corrected chi connectivity index (χ1v) is 7.66. The summed E-state index contributed by atoms with van der Waals surface area (Å²) in [5.74, 6) is 0. The lowest BCUT2D eigenvalue weighted by molar-refractivity contribution is 1.29. The highest BCUT2D eigenvalue weighted by atomic mass is 14.8. The molecule has 114 valence electrons. The molecule has 0 radical (unpaired) electrons. The number of nitrogens with one attached hydrogen (secondary N) is 2. The molecule has 1 aromatic carbocycles. The van der Waals surface area contributed by atoms with Gasteiger partial charge in [-0.2, -0.15) is 0 Å². The summed E-state index contributed by atoms with van der Waals surface area (Å²) in [6.07, 6.45) is 10.8. The molecule has 0 aromatic heterocycles. The molecule has 0 bridgehead atoms. The van der Waals surface area contributed by atoms with Crippen molar-refractivity contribution in [3.05, 3.63) is 77.0 Å². The first-order chi connectivity index (χ1) is 11.1. The van der Waals surface area contributed by atoms with Gasteiger partial charge in [-0.25, -0.2) is 0 Å². The van der Waals surface area contributed by atoms with E-state index in [1.165, 1.54) is 5.56 Å². The van der Waals surface area contributed by atoms with Crippen molar-refractivity contribution in [2.24, 2.45) is 4.99 Å². The van der Waals surface area contributed by atoms with E-state index in [2.05, 4.69) is 11.1 Å². The first kappa shape index (κ1) is 15.1. The first-order valence-electron chi connectivity index (χ1n) is 7.66. The van der Waals surface area contributed by atoms with E-state index < -0.39 is 0 Å². The summed E-state index contributed by atoms with van der Waals surface area (Å²) in [6.45, 7) is 3.95. The number of allylic oxidation sites excluding steroid dienone is 8. The maximum Gasteiger partial charge on any atom is 0.106 e. The maximum absolute atomic E-state index is 8.45. The molecule has 0 fully saturated rings. The van der Waals surface area contributed by atoms with Crippen molar-refractivity contribution in [3.63, 3.8) is 0 Å². The number of aryl methyl sites for hydroxylation is 1. The van der Waals surface area contributed by atoms with Crippen LogP contribution in [0.15, 0.2) is 70.9 Å². The molecule has 23 heavy (non-hydrogen) atoms. The molecule has 1 aromatic rings. The summed E-state index contributed by atoms with van der Waals surface area (Å²) in [5.41, 5.74) is 5.57. The summed E-state index contributed by atoms with van der Waals surface area (Å²) in [5, 5.41) is 16.8. The third kappa shape index (κ3) is 2.90. The van der Waals surface area contributed by atoms with Crippen molar-refractivity contribution in [1.29, 1.82) is 10.8 Å². The Kier molecular flexibility index (Phi) is 4.02. The Bertz CT molecular complexity index is 828. The molecule has 0 amide bonds. The zero-order valence-corrected chi connectivity index (χ0v) is 13.4. The number of aliphatic imine (C=N–C) groups is 1. The molecule has 0 unspecified atom stereocenters. The van der Waals surface area contributed by atoms with Crippen molar-refractivity contribution in [1.82, 2.24) is 0 Å². The molecular weight excluding hydrogens is 282 g/mol. The van der Waals surface area contributed by atoms with E-state index in [1.807, 2.05) is 62.4 Å². The van der Waals surface area contributed by atoms with Crippen molar-refractivity contribution in [3.8, 4) is 0 Å². The third-order valence-corrected chi connectivity index (χ3v) is 3.99. The van der Waals surface area contributed by atoms with Crippen LogP contribution in [0.1, 0.15) is 24.5 Å². The largest absolute Gasteiger partial charge is 0.298 e.